The highest BCUT2D eigenvalue weighted by Crippen LogP contribution is 2.37. The number of benzene rings is 2. The Morgan fingerprint density at radius 1 is 1.16 bits per heavy atom. The number of halogens is 3. The first-order valence-electron chi connectivity index (χ1n) is 5.35. The van der Waals surface area contributed by atoms with Gasteiger partial charge in [0.1, 0.15) is 5.52 Å². The van der Waals surface area contributed by atoms with Gasteiger partial charge in [-0.05, 0) is 40.2 Å². The molecule has 0 atom stereocenters. The van der Waals surface area contributed by atoms with E-state index in [0.29, 0.717) is 37.2 Å². The van der Waals surface area contributed by atoms with Crippen LogP contribution in [0.1, 0.15) is 0 Å². The monoisotopic (exact) mass is 356 g/mol. The van der Waals surface area contributed by atoms with E-state index in [9.17, 15) is 0 Å². The molecule has 2 N–H and O–H groups in total. The molecule has 19 heavy (non-hydrogen) atoms. The molecule has 0 radical (unpaired) electrons. The maximum Gasteiger partial charge on any atom is 0.228 e. The molecule has 2 aromatic carbocycles. The lowest BCUT2D eigenvalue weighted by Gasteiger charge is -2.02. The first-order valence-corrected chi connectivity index (χ1v) is 6.90. The maximum absolute atomic E-state index is 6.07. The zero-order chi connectivity index (χ0) is 13.6. The smallest absolute Gasteiger partial charge is 0.228 e. The first-order chi connectivity index (χ1) is 9.04. The van der Waals surface area contributed by atoms with Gasteiger partial charge in [0.2, 0.25) is 5.89 Å². The van der Waals surface area contributed by atoms with Gasteiger partial charge >= 0.3 is 0 Å². The quantitative estimate of drug-likeness (QED) is 0.484. The summed E-state index contributed by atoms with van der Waals surface area (Å²) in [5.74, 6) is 0.442. The number of nitrogens with zero attached hydrogens (tertiary/aromatic N) is 1. The van der Waals surface area contributed by atoms with Crippen molar-refractivity contribution in [2.24, 2.45) is 0 Å². The van der Waals surface area contributed by atoms with Gasteiger partial charge in [-0.1, -0.05) is 23.2 Å². The minimum absolute atomic E-state index is 0.442. The third kappa shape index (κ3) is 2.31. The van der Waals surface area contributed by atoms with Crippen LogP contribution in [0.3, 0.4) is 0 Å². The van der Waals surface area contributed by atoms with Gasteiger partial charge in [0.15, 0.2) is 5.58 Å². The molecule has 6 heteroatoms. The Kier molecular flexibility index (Phi) is 3.17. The average Bonchev–Trinajstić information content (AvgIpc) is 2.76. The number of anilines is 1. The van der Waals surface area contributed by atoms with Crippen LogP contribution in [0.2, 0.25) is 10.0 Å². The van der Waals surface area contributed by atoms with Crippen LogP contribution in [-0.2, 0) is 0 Å². The Balaban J connectivity index is 2.24. The van der Waals surface area contributed by atoms with Gasteiger partial charge in [-0.2, -0.15) is 0 Å². The van der Waals surface area contributed by atoms with Gasteiger partial charge in [0.05, 0.1) is 10.6 Å². The summed E-state index contributed by atoms with van der Waals surface area (Å²) < 4.78 is 6.38. The second-order valence-corrected chi connectivity index (χ2v) is 5.63. The normalized spacial score (nSPS) is 11.1. The Morgan fingerprint density at radius 2 is 1.95 bits per heavy atom. The van der Waals surface area contributed by atoms with E-state index < -0.39 is 0 Å². The standard InChI is InChI=1S/C13H7BrCl2N2O/c14-12-8(3-6(15)4-9(12)16)13-18-10-2-1-7(17)5-11(10)19-13/h1-5H,17H2. The molecular weight excluding hydrogens is 351 g/mol. The largest absolute Gasteiger partial charge is 0.436 e. The SMILES string of the molecule is Nc1ccc2nc(-c3cc(Cl)cc(Cl)c3Br)oc2c1. The summed E-state index contributed by atoms with van der Waals surface area (Å²) in [6, 6.07) is 8.70. The average molecular weight is 358 g/mol. The second-order valence-electron chi connectivity index (χ2n) is 4.00. The molecule has 3 nitrogen and oxygen atoms in total. The van der Waals surface area contributed by atoms with Crippen molar-refractivity contribution in [3.63, 3.8) is 0 Å². The van der Waals surface area contributed by atoms with Crippen LogP contribution >= 0.6 is 39.1 Å². The number of oxazole rings is 1. The summed E-state index contributed by atoms with van der Waals surface area (Å²) in [5, 5.41) is 1.02. The molecule has 0 fully saturated rings. The molecule has 1 aromatic heterocycles. The fourth-order valence-electron chi connectivity index (χ4n) is 1.77. The van der Waals surface area contributed by atoms with Crippen LogP contribution in [0.15, 0.2) is 39.2 Å². The van der Waals surface area contributed by atoms with E-state index >= 15 is 0 Å². The van der Waals surface area contributed by atoms with Crippen molar-refractivity contribution in [2.75, 3.05) is 5.73 Å². The fourth-order valence-corrected chi connectivity index (χ4v) is 2.66. The highest BCUT2D eigenvalue weighted by molar-refractivity contribution is 9.10. The summed E-state index contributed by atoms with van der Waals surface area (Å²) in [4.78, 5) is 4.40. The van der Waals surface area contributed by atoms with Crippen molar-refractivity contribution >= 4 is 55.9 Å². The van der Waals surface area contributed by atoms with E-state index in [1.165, 1.54) is 0 Å². The lowest BCUT2D eigenvalue weighted by atomic mass is 10.2. The van der Waals surface area contributed by atoms with E-state index in [2.05, 4.69) is 20.9 Å². The van der Waals surface area contributed by atoms with Crippen LogP contribution < -0.4 is 5.73 Å². The first kappa shape index (κ1) is 12.8. The zero-order valence-corrected chi connectivity index (χ0v) is 12.6. The summed E-state index contributed by atoms with van der Waals surface area (Å²) in [6.45, 7) is 0. The molecule has 3 aromatic rings. The van der Waals surface area contributed by atoms with E-state index in [0.717, 1.165) is 5.52 Å². The number of rotatable bonds is 1. The van der Waals surface area contributed by atoms with Gasteiger partial charge in [-0.3, -0.25) is 0 Å². The van der Waals surface area contributed by atoms with Crippen LogP contribution in [0.5, 0.6) is 0 Å². The van der Waals surface area contributed by atoms with Crippen LogP contribution in [-0.4, -0.2) is 4.98 Å². The summed E-state index contributed by atoms with van der Waals surface area (Å²) >= 11 is 15.5. The van der Waals surface area contributed by atoms with Crippen molar-refractivity contribution in [3.8, 4) is 11.5 Å². The number of fused-ring (bicyclic) bond motifs is 1. The Morgan fingerprint density at radius 3 is 2.74 bits per heavy atom. The number of hydrogen-bond acceptors (Lipinski definition) is 3. The number of aromatic nitrogens is 1. The molecular formula is C13H7BrCl2N2O. The Hall–Kier alpha value is -1.23. The van der Waals surface area contributed by atoms with Crippen molar-refractivity contribution in [1.82, 2.24) is 4.98 Å². The fraction of sp³-hybridized carbons (Fsp3) is 0. The molecule has 0 amide bonds. The second kappa shape index (κ2) is 4.71. The Labute approximate surface area is 127 Å². The Bertz CT molecular complexity index is 786. The number of nitrogens with two attached hydrogens (primary N) is 1. The van der Waals surface area contributed by atoms with Gasteiger partial charge in [-0.25, -0.2) is 4.98 Å². The molecule has 0 aliphatic carbocycles. The van der Waals surface area contributed by atoms with Crippen molar-refractivity contribution in [2.45, 2.75) is 0 Å². The van der Waals surface area contributed by atoms with Gasteiger partial charge in [0.25, 0.3) is 0 Å². The minimum Gasteiger partial charge on any atom is -0.436 e. The highest BCUT2D eigenvalue weighted by atomic mass is 79.9. The lowest BCUT2D eigenvalue weighted by molar-refractivity contribution is 0.619. The molecule has 0 spiro atoms. The van der Waals surface area contributed by atoms with Crippen molar-refractivity contribution < 1.29 is 4.42 Å². The number of nitrogen functional groups attached to an aromatic ring is 1. The summed E-state index contributed by atoms with van der Waals surface area (Å²) in [5.41, 5.74) is 8.39. The van der Waals surface area contributed by atoms with E-state index in [1.54, 1.807) is 30.3 Å². The van der Waals surface area contributed by atoms with E-state index in [-0.39, 0.29) is 0 Å². The van der Waals surface area contributed by atoms with Crippen molar-refractivity contribution in [1.29, 1.82) is 0 Å². The van der Waals surface area contributed by atoms with Gasteiger partial charge in [0, 0.05) is 21.2 Å². The summed E-state index contributed by atoms with van der Waals surface area (Å²) in [7, 11) is 0. The van der Waals surface area contributed by atoms with Crippen molar-refractivity contribution in [3.05, 3.63) is 44.8 Å². The topological polar surface area (TPSA) is 52.0 Å². The maximum atomic E-state index is 6.07. The predicted molar refractivity (Wildman–Crippen MR) is 81.6 cm³/mol. The predicted octanol–water partition coefficient (Wildman–Crippen LogP) is 5.15. The van der Waals surface area contributed by atoms with Gasteiger partial charge in [-0.15, -0.1) is 0 Å². The molecule has 3 rings (SSSR count). The van der Waals surface area contributed by atoms with Gasteiger partial charge < -0.3 is 10.2 Å². The number of hydrogen-bond donors (Lipinski definition) is 1. The van der Waals surface area contributed by atoms with E-state index in [4.69, 9.17) is 33.4 Å². The molecule has 1 heterocycles. The van der Waals surface area contributed by atoms with Crippen LogP contribution in [0, 0.1) is 0 Å². The minimum atomic E-state index is 0.442. The van der Waals surface area contributed by atoms with Crippen LogP contribution in [0.25, 0.3) is 22.6 Å². The summed E-state index contributed by atoms with van der Waals surface area (Å²) in [6.07, 6.45) is 0. The molecule has 0 aliphatic rings. The third-order valence-corrected chi connectivity index (χ3v) is 4.23. The third-order valence-electron chi connectivity index (χ3n) is 2.64. The molecule has 0 unspecified atom stereocenters. The molecule has 0 saturated carbocycles. The molecule has 0 saturated heterocycles. The van der Waals surface area contributed by atoms with E-state index in [1.807, 2.05) is 0 Å². The zero-order valence-electron chi connectivity index (χ0n) is 9.45. The molecule has 0 aliphatic heterocycles. The molecule has 96 valence electrons. The molecule has 0 bridgehead atoms. The van der Waals surface area contributed by atoms with Crippen LogP contribution in [0.4, 0.5) is 5.69 Å². The lowest BCUT2D eigenvalue weighted by Crippen LogP contribution is -1.82. The highest BCUT2D eigenvalue weighted by Gasteiger charge is 2.14.